The van der Waals surface area contributed by atoms with Gasteiger partial charge in [-0.3, -0.25) is 4.79 Å². The molecule has 0 radical (unpaired) electrons. The normalized spacial score (nSPS) is 14.9. The maximum Gasteiger partial charge on any atom is 0.308 e. The molecule has 0 aliphatic heterocycles. The first kappa shape index (κ1) is 28.4. The van der Waals surface area contributed by atoms with Gasteiger partial charge in [0.05, 0.1) is 82.9 Å². The van der Waals surface area contributed by atoms with E-state index in [1.54, 1.807) is 6.92 Å². The third kappa shape index (κ3) is 12.4. The molecule has 0 heterocycles. The molecule has 0 saturated heterocycles. The smallest absolute Gasteiger partial charge is 0.308 e. The summed E-state index contributed by atoms with van der Waals surface area (Å²) in [5.74, 6) is 1.45. The lowest BCUT2D eigenvalue weighted by Crippen LogP contribution is -2.53. The fourth-order valence-corrected chi connectivity index (χ4v) is 3.12. The maximum atomic E-state index is 11.5. The van der Waals surface area contributed by atoms with E-state index in [1.807, 2.05) is 13.8 Å². The van der Waals surface area contributed by atoms with E-state index >= 15 is 0 Å². The molecule has 0 spiro atoms. The average molecular weight is 458 g/mol. The van der Waals surface area contributed by atoms with Gasteiger partial charge in [0.25, 0.3) is 0 Å². The van der Waals surface area contributed by atoms with Crippen molar-refractivity contribution in [2.75, 3.05) is 59.5 Å². The summed E-state index contributed by atoms with van der Waals surface area (Å²) < 4.78 is 33.3. The average Bonchev–Trinajstić information content (AvgIpc) is 2.71. The van der Waals surface area contributed by atoms with Gasteiger partial charge in [0.15, 0.2) is 0 Å². The molecule has 32 heavy (non-hydrogen) atoms. The standard InChI is InChI=1S/C24H43NO7/c1-5-30-20(4)11-14-27-17-24(25,19-29-16-13-23(26)32-7-3)18-28-15-12-22(31-6-2)21-9-8-10-21/h4-19,25H2,1-3H3. The lowest BCUT2D eigenvalue weighted by molar-refractivity contribution is -0.144. The first-order valence-electron chi connectivity index (χ1n) is 11.8. The van der Waals surface area contributed by atoms with Gasteiger partial charge in [0.2, 0.25) is 0 Å². The molecule has 8 heteroatoms. The lowest BCUT2D eigenvalue weighted by atomic mass is 9.90. The highest BCUT2D eigenvalue weighted by Gasteiger charge is 2.27. The number of rotatable bonds is 20. The molecule has 1 fully saturated rings. The molecular weight excluding hydrogens is 414 g/mol. The minimum atomic E-state index is -0.836. The summed E-state index contributed by atoms with van der Waals surface area (Å²) >= 11 is 0. The second-order valence-corrected chi connectivity index (χ2v) is 7.86. The Labute approximate surface area is 193 Å². The van der Waals surface area contributed by atoms with Crippen molar-refractivity contribution in [2.24, 2.45) is 5.73 Å². The van der Waals surface area contributed by atoms with Crippen molar-refractivity contribution in [1.82, 2.24) is 0 Å². The molecule has 0 amide bonds. The number of esters is 1. The molecule has 0 aromatic carbocycles. The molecule has 8 nitrogen and oxygen atoms in total. The first-order valence-corrected chi connectivity index (χ1v) is 11.8. The van der Waals surface area contributed by atoms with Crippen LogP contribution in [0.4, 0.5) is 0 Å². The number of allylic oxidation sites excluding steroid dienone is 1. The van der Waals surface area contributed by atoms with E-state index in [1.165, 1.54) is 12.0 Å². The van der Waals surface area contributed by atoms with Gasteiger partial charge in [-0.15, -0.1) is 0 Å². The van der Waals surface area contributed by atoms with Gasteiger partial charge in [0, 0.05) is 12.8 Å². The fourth-order valence-electron chi connectivity index (χ4n) is 3.12. The molecule has 1 aliphatic rings. The van der Waals surface area contributed by atoms with E-state index < -0.39 is 5.54 Å². The number of ether oxygens (including phenoxy) is 6. The van der Waals surface area contributed by atoms with E-state index in [9.17, 15) is 4.79 Å². The van der Waals surface area contributed by atoms with E-state index in [-0.39, 0.29) is 38.8 Å². The van der Waals surface area contributed by atoms with Crippen LogP contribution in [-0.4, -0.2) is 71.0 Å². The molecule has 0 bridgehead atoms. The van der Waals surface area contributed by atoms with Crippen molar-refractivity contribution >= 4 is 5.97 Å². The predicted molar refractivity (Wildman–Crippen MR) is 123 cm³/mol. The van der Waals surface area contributed by atoms with Crippen molar-refractivity contribution in [1.29, 1.82) is 0 Å². The second-order valence-electron chi connectivity index (χ2n) is 7.86. The maximum absolute atomic E-state index is 11.5. The van der Waals surface area contributed by atoms with Crippen LogP contribution in [0, 0.1) is 0 Å². The zero-order chi connectivity index (χ0) is 23.7. The van der Waals surface area contributed by atoms with Crippen LogP contribution in [0.5, 0.6) is 0 Å². The van der Waals surface area contributed by atoms with E-state index in [2.05, 4.69) is 6.58 Å². The Kier molecular flexibility index (Phi) is 15.1. The molecular formula is C24H43NO7. The van der Waals surface area contributed by atoms with Crippen molar-refractivity contribution in [3.05, 3.63) is 23.7 Å². The molecule has 1 unspecified atom stereocenters. The Morgan fingerprint density at radius 3 is 1.88 bits per heavy atom. The van der Waals surface area contributed by atoms with Crippen LogP contribution in [0.1, 0.15) is 59.3 Å². The van der Waals surface area contributed by atoms with Gasteiger partial charge in [-0.2, -0.15) is 0 Å². The molecule has 1 rings (SSSR count). The van der Waals surface area contributed by atoms with Crippen LogP contribution >= 0.6 is 0 Å². The number of nitrogens with two attached hydrogens (primary N) is 1. The summed E-state index contributed by atoms with van der Waals surface area (Å²) in [6, 6.07) is 0. The summed E-state index contributed by atoms with van der Waals surface area (Å²) in [6.45, 7) is 13.1. The Bertz CT molecular complexity index is 545. The largest absolute Gasteiger partial charge is 0.499 e. The zero-order valence-electron chi connectivity index (χ0n) is 20.2. The van der Waals surface area contributed by atoms with Gasteiger partial charge < -0.3 is 34.2 Å². The van der Waals surface area contributed by atoms with Crippen molar-refractivity contribution in [3.8, 4) is 0 Å². The van der Waals surface area contributed by atoms with Crippen molar-refractivity contribution in [2.45, 2.75) is 64.8 Å². The summed E-state index contributed by atoms with van der Waals surface area (Å²) in [4.78, 5) is 11.5. The van der Waals surface area contributed by atoms with Crippen LogP contribution in [0.2, 0.25) is 0 Å². The highest BCUT2D eigenvalue weighted by Crippen LogP contribution is 2.30. The third-order valence-corrected chi connectivity index (χ3v) is 4.94. The van der Waals surface area contributed by atoms with Crippen LogP contribution < -0.4 is 5.73 Å². The van der Waals surface area contributed by atoms with Crippen LogP contribution in [0.3, 0.4) is 0 Å². The summed E-state index contributed by atoms with van der Waals surface area (Å²) in [5.41, 5.74) is 7.10. The Morgan fingerprint density at radius 1 is 0.844 bits per heavy atom. The summed E-state index contributed by atoms with van der Waals surface area (Å²) in [5, 5.41) is 0. The lowest BCUT2D eigenvalue weighted by Gasteiger charge is -2.29. The Hall–Kier alpha value is -1.61. The van der Waals surface area contributed by atoms with Gasteiger partial charge in [-0.05, 0) is 45.6 Å². The zero-order valence-corrected chi connectivity index (χ0v) is 20.2. The summed E-state index contributed by atoms with van der Waals surface area (Å²) in [6.07, 6.45) is 4.98. The number of hydrogen-bond acceptors (Lipinski definition) is 8. The van der Waals surface area contributed by atoms with E-state index in [4.69, 9.17) is 34.2 Å². The molecule has 1 saturated carbocycles. The highest BCUT2D eigenvalue weighted by atomic mass is 16.5. The van der Waals surface area contributed by atoms with Gasteiger partial charge >= 0.3 is 5.97 Å². The van der Waals surface area contributed by atoms with Gasteiger partial charge in [-0.1, -0.05) is 6.58 Å². The van der Waals surface area contributed by atoms with Crippen molar-refractivity contribution in [3.63, 3.8) is 0 Å². The fraction of sp³-hybridized carbons (Fsp3) is 0.792. The monoisotopic (exact) mass is 457 g/mol. The van der Waals surface area contributed by atoms with Crippen LogP contribution in [0.15, 0.2) is 23.7 Å². The van der Waals surface area contributed by atoms with E-state index in [0.29, 0.717) is 45.2 Å². The number of hydrogen-bond donors (Lipinski definition) is 1. The molecule has 0 aromatic rings. The Morgan fingerprint density at radius 2 is 1.38 bits per heavy atom. The third-order valence-electron chi connectivity index (χ3n) is 4.94. The molecule has 1 aliphatic carbocycles. The SMILES string of the molecule is C=C(CCOCC(N)(COCCC(=O)OCC)COCCC(OCC)=C1CCC1)OCC. The minimum Gasteiger partial charge on any atom is -0.499 e. The van der Waals surface area contributed by atoms with E-state index in [0.717, 1.165) is 25.0 Å². The number of carbonyl (C=O) groups is 1. The minimum absolute atomic E-state index is 0.186. The highest BCUT2D eigenvalue weighted by molar-refractivity contribution is 5.69. The van der Waals surface area contributed by atoms with Crippen LogP contribution in [0.25, 0.3) is 0 Å². The van der Waals surface area contributed by atoms with Gasteiger partial charge in [0.1, 0.15) is 0 Å². The molecule has 0 aromatic heterocycles. The molecule has 2 N–H and O–H groups in total. The molecule has 1 atom stereocenters. The predicted octanol–water partition coefficient (Wildman–Crippen LogP) is 3.49. The summed E-state index contributed by atoms with van der Waals surface area (Å²) in [7, 11) is 0. The quantitative estimate of drug-likeness (QED) is 0.169. The Balaban J connectivity index is 2.46. The first-order chi connectivity index (χ1) is 15.4. The number of carbonyl (C=O) groups excluding carboxylic acids is 1. The van der Waals surface area contributed by atoms with Crippen molar-refractivity contribution < 1.29 is 33.2 Å². The van der Waals surface area contributed by atoms with Crippen LogP contribution in [-0.2, 0) is 33.2 Å². The molecule has 186 valence electrons. The van der Waals surface area contributed by atoms with Gasteiger partial charge in [-0.25, -0.2) is 0 Å². The topological polar surface area (TPSA) is 98.5 Å². The second kappa shape index (κ2) is 16.9.